The smallest absolute Gasteiger partial charge is 0.426 e. The Kier molecular flexibility index (Phi) is 6.29. The monoisotopic (exact) mass is 324 g/mol. The number of carbonyl (C=O) groups excluding carboxylic acids is 2. The number of rotatable bonds is 2. The number of nitrogens with one attached hydrogen (secondary N) is 1. The van der Waals surface area contributed by atoms with Crippen molar-refractivity contribution in [2.24, 2.45) is 0 Å². The molecule has 2 amide bonds. The lowest BCUT2D eigenvalue weighted by atomic mass is 10.1. The van der Waals surface area contributed by atoms with E-state index in [2.05, 4.69) is 5.43 Å². The van der Waals surface area contributed by atoms with Crippen LogP contribution in [0, 0.1) is 13.8 Å². The minimum Gasteiger partial charge on any atom is -0.443 e. The molecule has 1 N–H and O–H groups in total. The number of aryl methyl sites for hydroxylation is 2. The van der Waals surface area contributed by atoms with E-state index in [-0.39, 0.29) is 5.24 Å². The molecule has 22 heavy (non-hydrogen) atoms. The molecule has 0 aromatic heterocycles. The molecule has 0 saturated carbocycles. The number of carbonyl (C=O) groups is 2. The minimum atomic E-state index is -0.639. The third kappa shape index (κ3) is 5.97. The number of ether oxygens (including phenoxy) is 1. The zero-order valence-electron chi connectivity index (χ0n) is 14.0. The van der Waals surface area contributed by atoms with Crippen LogP contribution in [-0.2, 0) is 11.3 Å². The first-order chi connectivity index (χ1) is 10.1. The Morgan fingerprint density at radius 1 is 1.27 bits per heavy atom. The van der Waals surface area contributed by atoms with Crippen LogP contribution < -0.4 is 5.43 Å². The highest BCUT2D eigenvalue weighted by atomic mass is 32.2. The predicted molar refractivity (Wildman–Crippen MR) is 89.7 cm³/mol. The van der Waals surface area contributed by atoms with Gasteiger partial charge in [-0.3, -0.25) is 4.79 Å². The summed E-state index contributed by atoms with van der Waals surface area (Å²) in [5.41, 5.74) is 5.11. The Hall–Kier alpha value is -1.69. The predicted octanol–water partition coefficient (Wildman–Crippen LogP) is 4.03. The first-order valence-electron chi connectivity index (χ1n) is 7.03. The van der Waals surface area contributed by atoms with Crippen molar-refractivity contribution in [1.29, 1.82) is 0 Å². The number of benzene rings is 1. The number of nitrogens with zero attached hydrogens (tertiary/aromatic N) is 1. The van der Waals surface area contributed by atoms with Gasteiger partial charge in [-0.25, -0.2) is 15.2 Å². The molecule has 0 saturated heterocycles. The molecule has 0 atom stereocenters. The molecule has 6 heteroatoms. The van der Waals surface area contributed by atoms with Crippen LogP contribution in [0.1, 0.15) is 37.5 Å². The first-order valence-corrected chi connectivity index (χ1v) is 8.26. The highest BCUT2D eigenvalue weighted by Crippen LogP contribution is 2.15. The molecule has 0 aliphatic heterocycles. The summed E-state index contributed by atoms with van der Waals surface area (Å²) in [7, 11) is 0. The Morgan fingerprint density at radius 3 is 2.41 bits per heavy atom. The van der Waals surface area contributed by atoms with Crippen LogP contribution in [-0.4, -0.2) is 28.2 Å². The number of hydrogen-bond acceptors (Lipinski definition) is 4. The highest BCUT2D eigenvalue weighted by molar-refractivity contribution is 8.12. The van der Waals surface area contributed by atoms with Crippen LogP contribution in [0.25, 0.3) is 0 Å². The molecule has 1 rings (SSSR count). The fourth-order valence-corrected chi connectivity index (χ4v) is 2.20. The van der Waals surface area contributed by atoms with Gasteiger partial charge < -0.3 is 4.74 Å². The van der Waals surface area contributed by atoms with E-state index in [1.54, 1.807) is 27.0 Å². The maximum Gasteiger partial charge on any atom is 0.426 e. The second-order valence-electron chi connectivity index (χ2n) is 6.10. The number of hydrazine groups is 1. The van der Waals surface area contributed by atoms with Crippen molar-refractivity contribution in [2.45, 2.75) is 46.8 Å². The Morgan fingerprint density at radius 2 is 1.91 bits per heavy atom. The van der Waals surface area contributed by atoms with Gasteiger partial charge in [0.2, 0.25) is 0 Å². The fourth-order valence-electron chi connectivity index (χ4n) is 1.86. The van der Waals surface area contributed by atoms with Gasteiger partial charge in [-0.05, 0) is 52.0 Å². The molecule has 0 bridgehead atoms. The van der Waals surface area contributed by atoms with Gasteiger partial charge in [-0.15, -0.1) is 0 Å². The van der Waals surface area contributed by atoms with Crippen molar-refractivity contribution in [3.63, 3.8) is 0 Å². The summed E-state index contributed by atoms with van der Waals surface area (Å²) in [4.78, 5) is 23.9. The molecule has 1 aromatic carbocycles. The van der Waals surface area contributed by atoms with Crippen LogP contribution in [0.2, 0.25) is 0 Å². The van der Waals surface area contributed by atoms with Crippen molar-refractivity contribution in [2.75, 3.05) is 6.26 Å². The molecule has 0 spiro atoms. The Labute approximate surface area is 136 Å². The topological polar surface area (TPSA) is 58.6 Å². The summed E-state index contributed by atoms with van der Waals surface area (Å²) in [6.07, 6.45) is 1.04. The van der Waals surface area contributed by atoms with Gasteiger partial charge in [0.15, 0.2) is 0 Å². The van der Waals surface area contributed by atoms with Gasteiger partial charge in [-0.1, -0.05) is 35.5 Å². The highest BCUT2D eigenvalue weighted by Gasteiger charge is 2.21. The molecule has 1 aromatic rings. The third-order valence-corrected chi connectivity index (χ3v) is 3.42. The van der Waals surface area contributed by atoms with E-state index in [4.69, 9.17) is 4.74 Å². The second kappa shape index (κ2) is 7.54. The van der Waals surface area contributed by atoms with Crippen molar-refractivity contribution < 1.29 is 14.3 Å². The third-order valence-electron chi connectivity index (χ3n) is 2.85. The van der Waals surface area contributed by atoms with Crippen LogP contribution in [0.5, 0.6) is 0 Å². The number of hydrogen-bond donors (Lipinski definition) is 1. The van der Waals surface area contributed by atoms with Crippen molar-refractivity contribution >= 4 is 23.1 Å². The Balaban J connectivity index is 2.85. The molecule has 122 valence electrons. The van der Waals surface area contributed by atoms with E-state index >= 15 is 0 Å². The van der Waals surface area contributed by atoms with Crippen LogP contribution in [0.4, 0.5) is 9.59 Å². The van der Waals surface area contributed by atoms with Gasteiger partial charge in [-0.2, -0.15) is 0 Å². The summed E-state index contributed by atoms with van der Waals surface area (Å²) in [6.45, 7) is 9.62. The number of thioether (sulfide) groups is 1. The minimum absolute atomic E-state index is 0.245. The lowest BCUT2D eigenvalue weighted by molar-refractivity contribution is 0.0387. The summed E-state index contributed by atoms with van der Waals surface area (Å²) >= 11 is 1.04. The quantitative estimate of drug-likeness (QED) is 0.835. The largest absolute Gasteiger partial charge is 0.443 e. The van der Waals surface area contributed by atoms with Crippen molar-refractivity contribution in [1.82, 2.24) is 10.4 Å². The molecule has 0 unspecified atom stereocenters. The molecule has 5 nitrogen and oxygen atoms in total. The zero-order chi connectivity index (χ0) is 16.9. The van der Waals surface area contributed by atoms with Crippen LogP contribution in [0.3, 0.4) is 0 Å². The van der Waals surface area contributed by atoms with Crippen molar-refractivity contribution in [3.05, 3.63) is 34.9 Å². The molecule has 0 aliphatic rings. The maximum absolute atomic E-state index is 12.0. The molecular formula is C16H24N2O3S. The molecular weight excluding hydrogens is 300 g/mol. The van der Waals surface area contributed by atoms with E-state index in [1.165, 1.54) is 5.01 Å². The second-order valence-corrected chi connectivity index (χ2v) is 6.86. The van der Waals surface area contributed by atoms with Gasteiger partial charge in [0.05, 0.1) is 6.54 Å². The SMILES string of the molecule is CSC(=O)N(Cc1ccc(C)cc1C)NC(=O)OC(C)(C)C. The zero-order valence-corrected chi connectivity index (χ0v) is 14.8. The molecule has 0 heterocycles. The van der Waals surface area contributed by atoms with Crippen LogP contribution in [0.15, 0.2) is 18.2 Å². The average molecular weight is 324 g/mol. The summed E-state index contributed by atoms with van der Waals surface area (Å²) in [6, 6.07) is 5.99. The lowest BCUT2D eigenvalue weighted by Crippen LogP contribution is -2.46. The first kappa shape index (κ1) is 18.4. The van der Waals surface area contributed by atoms with E-state index in [0.29, 0.717) is 6.54 Å². The number of amides is 2. The van der Waals surface area contributed by atoms with Gasteiger partial charge in [0.1, 0.15) is 5.60 Å². The normalized spacial score (nSPS) is 11.0. The molecule has 0 aliphatic carbocycles. The maximum atomic E-state index is 12.0. The summed E-state index contributed by atoms with van der Waals surface area (Å²) in [5.74, 6) is 0. The Bertz CT molecular complexity index is 553. The van der Waals surface area contributed by atoms with E-state index in [9.17, 15) is 9.59 Å². The van der Waals surface area contributed by atoms with Crippen molar-refractivity contribution in [3.8, 4) is 0 Å². The van der Waals surface area contributed by atoms with Gasteiger partial charge in [0.25, 0.3) is 5.24 Å². The standard InChI is InChI=1S/C16H24N2O3S/c1-11-7-8-13(12(2)9-11)10-18(15(20)22-6)17-14(19)21-16(3,4)5/h7-9H,10H2,1-6H3,(H,17,19). The van der Waals surface area contributed by atoms with E-state index in [0.717, 1.165) is 28.5 Å². The van der Waals surface area contributed by atoms with Gasteiger partial charge in [0, 0.05) is 0 Å². The molecule has 0 radical (unpaired) electrons. The van der Waals surface area contributed by atoms with Crippen LogP contribution >= 0.6 is 11.8 Å². The van der Waals surface area contributed by atoms with E-state index in [1.807, 2.05) is 32.0 Å². The molecule has 0 fully saturated rings. The lowest BCUT2D eigenvalue weighted by Gasteiger charge is -2.26. The van der Waals surface area contributed by atoms with Gasteiger partial charge >= 0.3 is 6.09 Å². The van der Waals surface area contributed by atoms with E-state index < -0.39 is 11.7 Å². The average Bonchev–Trinajstić information content (AvgIpc) is 2.37. The fraction of sp³-hybridized carbons (Fsp3) is 0.500. The summed E-state index contributed by atoms with van der Waals surface area (Å²) < 4.78 is 5.20. The summed E-state index contributed by atoms with van der Waals surface area (Å²) in [5, 5.41) is 1.03.